The molecule has 0 aromatic heterocycles. The van der Waals surface area contributed by atoms with Crippen LogP contribution in [0.1, 0.15) is 6.92 Å². The smallest absolute Gasteiger partial charge is 0.111 e. The summed E-state index contributed by atoms with van der Waals surface area (Å²) in [5.41, 5.74) is 0. The minimum Gasteiger partial charge on any atom is -0.356 e. The number of aliphatic imine (C=N–C) groups is 2. The zero-order valence-electron chi connectivity index (χ0n) is 6.29. The molecule has 58 valence electrons. The van der Waals surface area contributed by atoms with Crippen LogP contribution in [0.25, 0.3) is 0 Å². The van der Waals surface area contributed by atoms with Crippen LogP contribution in [0.4, 0.5) is 0 Å². The van der Waals surface area contributed by atoms with Crippen molar-refractivity contribution in [2.45, 2.75) is 6.92 Å². The van der Waals surface area contributed by atoms with E-state index in [1.165, 1.54) is 0 Å². The first-order chi connectivity index (χ1) is 4.81. The van der Waals surface area contributed by atoms with Crippen LogP contribution in [0.3, 0.4) is 0 Å². The Morgan fingerprint density at radius 2 is 2.30 bits per heavy atom. The van der Waals surface area contributed by atoms with Gasteiger partial charge in [0.1, 0.15) is 6.34 Å². The molecule has 0 spiro atoms. The Hall–Kier alpha value is -0.130. The van der Waals surface area contributed by atoms with Crippen molar-refractivity contribution in [1.82, 2.24) is 4.90 Å². The van der Waals surface area contributed by atoms with Crippen molar-refractivity contribution in [1.29, 1.82) is 0 Å². The summed E-state index contributed by atoms with van der Waals surface area (Å²) in [6, 6.07) is 0. The number of alkyl halides is 1. The average Bonchev–Trinajstić information content (AvgIpc) is 1.98. The van der Waals surface area contributed by atoms with Gasteiger partial charge < -0.3 is 4.90 Å². The van der Waals surface area contributed by atoms with Crippen molar-refractivity contribution < 1.29 is 0 Å². The first-order valence-corrected chi connectivity index (χ1v) is 4.61. The Morgan fingerprint density at radius 3 is 2.80 bits per heavy atom. The van der Waals surface area contributed by atoms with Gasteiger partial charge in [-0.1, -0.05) is 22.6 Å². The van der Waals surface area contributed by atoms with Crippen LogP contribution in [-0.4, -0.2) is 35.7 Å². The van der Waals surface area contributed by atoms with Gasteiger partial charge in [0.25, 0.3) is 0 Å². The molecule has 0 aromatic carbocycles. The van der Waals surface area contributed by atoms with E-state index in [-0.39, 0.29) is 0 Å². The van der Waals surface area contributed by atoms with Gasteiger partial charge in [0, 0.05) is 13.6 Å². The van der Waals surface area contributed by atoms with Crippen LogP contribution in [0.15, 0.2) is 9.98 Å². The van der Waals surface area contributed by atoms with Crippen LogP contribution in [-0.2, 0) is 0 Å². The maximum absolute atomic E-state index is 3.94. The highest BCUT2D eigenvalue weighted by atomic mass is 127. The van der Waals surface area contributed by atoms with Crippen molar-refractivity contribution in [3.8, 4) is 0 Å². The van der Waals surface area contributed by atoms with Gasteiger partial charge in [-0.15, -0.1) is 0 Å². The molecule has 0 aliphatic heterocycles. The lowest BCUT2D eigenvalue weighted by atomic mass is 10.8. The second-order valence-corrected chi connectivity index (χ2v) is 2.44. The van der Waals surface area contributed by atoms with Gasteiger partial charge in [0.05, 0.1) is 10.9 Å². The molecule has 0 unspecified atom stereocenters. The number of nitrogens with zero attached hydrogens (tertiary/aromatic N) is 3. The van der Waals surface area contributed by atoms with Gasteiger partial charge in [0.2, 0.25) is 0 Å². The van der Waals surface area contributed by atoms with Gasteiger partial charge >= 0.3 is 0 Å². The second kappa shape index (κ2) is 6.98. The van der Waals surface area contributed by atoms with E-state index in [0.29, 0.717) is 0 Å². The number of rotatable bonds is 4. The standard InChI is InChI=1S/C6H12IN3/c1-3-8-5-9-6-10(2)4-7/h5-6H,3-4H2,1-2H3/b8-5-,9-6+. The van der Waals surface area contributed by atoms with Gasteiger partial charge in [-0.25, -0.2) is 4.99 Å². The highest BCUT2D eigenvalue weighted by Gasteiger charge is 1.81. The summed E-state index contributed by atoms with van der Waals surface area (Å²) in [6.07, 6.45) is 3.33. The zero-order valence-corrected chi connectivity index (χ0v) is 8.45. The molecular weight excluding hydrogens is 241 g/mol. The largest absolute Gasteiger partial charge is 0.356 e. The maximum Gasteiger partial charge on any atom is 0.111 e. The monoisotopic (exact) mass is 253 g/mol. The predicted molar refractivity (Wildman–Crippen MR) is 54.2 cm³/mol. The van der Waals surface area contributed by atoms with E-state index in [9.17, 15) is 0 Å². The van der Waals surface area contributed by atoms with Gasteiger partial charge in [0.15, 0.2) is 0 Å². The van der Waals surface area contributed by atoms with E-state index in [1.807, 2.05) is 18.9 Å². The Morgan fingerprint density at radius 1 is 1.60 bits per heavy atom. The summed E-state index contributed by atoms with van der Waals surface area (Å²) in [5.74, 6) is 0. The van der Waals surface area contributed by atoms with E-state index in [0.717, 1.165) is 11.1 Å². The lowest BCUT2D eigenvalue weighted by molar-refractivity contribution is 0.633. The van der Waals surface area contributed by atoms with Gasteiger partial charge in [-0.3, -0.25) is 4.99 Å². The average molecular weight is 253 g/mol. The summed E-state index contributed by atoms with van der Waals surface area (Å²) < 4.78 is 0.946. The minimum absolute atomic E-state index is 0.797. The molecule has 0 saturated heterocycles. The van der Waals surface area contributed by atoms with Crippen LogP contribution < -0.4 is 0 Å². The van der Waals surface area contributed by atoms with Crippen LogP contribution in [0.2, 0.25) is 0 Å². The highest BCUT2D eigenvalue weighted by Crippen LogP contribution is 1.83. The number of hydrogen-bond donors (Lipinski definition) is 0. The second-order valence-electron chi connectivity index (χ2n) is 1.76. The maximum atomic E-state index is 3.94. The molecule has 0 amide bonds. The van der Waals surface area contributed by atoms with Crippen molar-refractivity contribution in [3.63, 3.8) is 0 Å². The molecule has 4 heteroatoms. The first kappa shape index (κ1) is 9.87. The van der Waals surface area contributed by atoms with Crippen LogP contribution in [0.5, 0.6) is 0 Å². The topological polar surface area (TPSA) is 28.0 Å². The first-order valence-electron chi connectivity index (χ1n) is 3.09. The van der Waals surface area contributed by atoms with E-state index >= 15 is 0 Å². The van der Waals surface area contributed by atoms with Gasteiger partial charge in [-0.2, -0.15) is 0 Å². The molecule has 0 N–H and O–H groups in total. The molecular formula is C6H12IN3. The quantitative estimate of drug-likeness (QED) is 0.244. The molecule has 0 radical (unpaired) electrons. The van der Waals surface area contributed by atoms with Crippen molar-refractivity contribution >= 4 is 35.3 Å². The van der Waals surface area contributed by atoms with Crippen molar-refractivity contribution in [2.75, 3.05) is 18.1 Å². The number of hydrogen-bond acceptors (Lipinski definition) is 1. The minimum atomic E-state index is 0.797. The van der Waals surface area contributed by atoms with Crippen molar-refractivity contribution in [3.05, 3.63) is 0 Å². The third kappa shape index (κ3) is 6.00. The van der Waals surface area contributed by atoms with Gasteiger partial charge in [-0.05, 0) is 6.92 Å². The summed E-state index contributed by atoms with van der Waals surface area (Å²) >= 11 is 2.26. The molecule has 10 heavy (non-hydrogen) atoms. The summed E-state index contributed by atoms with van der Waals surface area (Å²) in [7, 11) is 1.97. The Bertz CT molecular complexity index is 122. The van der Waals surface area contributed by atoms with E-state index in [4.69, 9.17) is 0 Å². The van der Waals surface area contributed by atoms with Crippen LogP contribution >= 0.6 is 22.6 Å². The number of halogens is 1. The lowest BCUT2D eigenvalue weighted by Crippen LogP contribution is -2.12. The molecule has 0 aliphatic rings. The molecule has 0 saturated carbocycles. The molecule has 0 heterocycles. The highest BCUT2D eigenvalue weighted by molar-refractivity contribution is 14.1. The van der Waals surface area contributed by atoms with E-state index in [1.54, 1.807) is 12.7 Å². The fourth-order valence-electron chi connectivity index (χ4n) is 0.303. The Balaban J connectivity index is 3.44. The van der Waals surface area contributed by atoms with E-state index < -0.39 is 0 Å². The summed E-state index contributed by atoms with van der Waals surface area (Å²) in [4.78, 5) is 9.84. The lowest BCUT2D eigenvalue weighted by Gasteiger charge is -2.04. The Kier molecular flexibility index (Phi) is 6.89. The molecule has 0 atom stereocenters. The fourth-order valence-corrected chi connectivity index (χ4v) is 0.479. The third-order valence-electron chi connectivity index (χ3n) is 0.783. The zero-order chi connectivity index (χ0) is 7.82. The summed E-state index contributed by atoms with van der Waals surface area (Å²) in [6.45, 7) is 2.78. The molecule has 0 fully saturated rings. The van der Waals surface area contributed by atoms with Crippen molar-refractivity contribution in [2.24, 2.45) is 9.98 Å². The third-order valence-corrected chi connectivity index (χ3v) is 1.86. The molecule has 0 aromatic rings. The molecule has 3 nitrogen and oxygen atoms in total. The van der Waals surface area contributed by atoms with E-state index in [2.05, 4.69) is 32.6 Å². The Labute approximate surface area is 75.4 Å². The molecule has 0 bridgehead atoms. The fraction of sp³-hybridized carbons (Fsp3) is 0.667. The normalized spacial score (nSPS) is 11.5. The SMILES string of the molecule is CC/N=C\N=C\N(C)CI. The summed E-state index contributed by atoms with van der Waals surface area (Å²) in [5, 5.41) is 0. The predicted octanol–water partition coefficient (Wildman–Crippen LogP) is 1.39. The molecule has 0 aliphatic carbocycles. The van der Waals surface area contributed by atoms with Crippen LogP contribution in [0, 0.1) is 0 Å². The molecule has 0 rings (SSSR count).